The van der Waals surface area contributed by atoms with Crippen LogP contribution in [0, 0.1) is 18.8 Å². The highest BCUT2D eigenvalue weighted by Gasteiger charge is 2.61. The molecule has 5 nitrogen and oxygen atoms in total. The third-order valence-electron chi connectivity index (χ3n) is 5.08. The van der Waals surface area contributed by atoms with E-state index in [2.05, 4.69) is 0 Å². The molecule has 2 aliphatic carbocycles. The topological polar surface area (TPSA) is 61.8 Å². The lowest BCUT2D eigenvalue weighted by molar-refractivity contribution is -0.238. The van der Waals surface area contributed by atoms with Crippen LogP contribution in [0.15, 0.2) is 29.2 Å². The first-order valence-corrected chi connectivity index (χ1v) is 8.94. The van der Waals surface area contributed by atoms with Gasteiger partial charge in [-0.3, -0.25) is 4.18 Å². The molecular weight excluding hydrogens is 304 g/mol. The smallest absolute Gasteiger partial charge is 0.297 e. The summed E-state index contributed by atoms with van der Waals surface area (Å²) < 4.78 is 41.7. The predicted molar refractivity (Wildman–Crippen MR) is 80.8 cm³/mol. The number of hydrogen-bond acceptors (Lipinski definition) is 5. The second kappa shape index (κ2) is 5.60. The summed E-state index contributed by atoms with van der Waals surface area (Å²) in [5.74, 6) is -0.563. The Balaban J connectivity index is 1.81. The van der Waals surface area contributed by atoms with Gasteiger partial charge >= 0.3 is 0 Å². The van der Waals surface area contributed by atoms with Crippen molar-refractivity contribution in [3.05, 3.63) is 29.8 Å². The van der Waals surface area contributed by atoms with Crippen LogP contribution in [0.1, 0.15) is 24.8 Å². The van der Waals surface area contributed by atoms with E-state index in [1.54, 1.807) is 38.5 Å². The second-order valence-corrected chi connectivity index (χ2v) is 7.72. The first kappa shape index (κ1) is 15.9. The Kier molecular flexibility index (Phi) is 4.05. The maximum absolute atomic E-state index is 12.5. The summed E-state index contributed by atoms with van der Waals surface area (Å²) in [6.45, 7) is 1.92. The van der Waals surface area contributed by atoms with Crippen molar-refractivity contribution in [3.8, 4) is 0 Å². The molecule has 0 saturated heterocycles. The van der Waals surface area contributed by atoms with Gasteiger partial charge in [-0.15, -0.1) is 0 Å². The zero-order valence-corrected chi connectivity index (χ0v) is 13.9. The van der Waals surface area contributed by atoms with Crippen LogP contribution in [0.5, 0.6) is 0 Å². The Bertz CT molecular complexity index is 633. The van der Waals surface area contributed by atoms with Gasteiger partial charge in [-0.1, -0.05) is 17.7 Å². The van der Waals surface area contributed by atoms with E-state index in [1.165, 1.54) is 0 Å². The Labute approximate surface area is 131 Å². The SMILES string of the molecule is COC1(OC)C2CCC1C(OS(=O)(=O)c1ccc(C)cc1)C2. The van der Waals surface area contributed by atoms with E-state index in [4.69, 9.17) is 13.7 Å². The number of aryl methyl sites for hydroxylation is 1. The molecule has 0 aliphatic heterocycles. The molecule has 3 atom stereocenters. The van der Waals surface area contributed by atoms with E-state index in [0.717, 1.165) is 18.4 Å². The highest BCUT2D eigenvalue weighted by molar-refractivity contribution is 7.86. The number of ether oxygens (including phenoxy) is 2. The standard InChI is InChI=1S/C16H22O5S/c1-11-4-7-13(8-5-11)22(17,18)21-15-10-12-6-9-14(15)16(12,19-2)20-3/h4-5,7-8,12,14-15H,6,9-10H2,1-3H3. The zero-order valence-electron chi connectivity index (χ0n) is 13.1. The molecule has 2 fully saturated rings. The van der Waals surface area contributed by atoms with Gasteiger partial charge < -0.3 is 9.47 Å². The van der Waals surface area contributed by atoms with Gasteiger partial charge in [-0.2, -0.15) is 8.42 Å². The van der Waals surface area contributed by atoms with Crippen LogP contribution in [-0.4, -0.2) is 34.5 Å². The van der Waals surface area contributed by atoms with Crippen LogP contribution in [-0.2, 0) is 23.8 Å². The summed E-state index contributed by atoms with van der Waals surface area (Å²) in [7, 11) is -0.527. The highest BCUT2D eigenvalue weighted by atomic mass is 32.2. The number of benzene rings is 1. The fourth-order valence-electron chi connectivity index (χ4n) is 4.01. The third kappa shape index (κ3) is 2.38. The fourth-order valence-corrected chi connectivity index (χ4v) is 5.13. The number of rotatable bonds is 5. The molecule has 122 valence electrons. The van der Waals surface area contributed by atoms with E-state index in [-0.39, 0.29) is 22.8 Å². The van der Waals surface area contributed by atoms with Gasteiger partial charge in [0, 0.05) is 26.1 Å². The van der Waals surface area contributed by atoms with Gasteiger partial charge in [0.15, 0.2) is 5.79 Å². The van der Waals surface area contributed by atoms with Crippen LogP contribution in [0.3, 0.4) is 0 Å². The molecule has 1 aromatic carbocycles. The average molecular weight is 326 g/mol. The monoisotopic (exact) mass is 326 g/mol. The first-order chi connectivity index (χ1) is 10.4. The van der Waals surface area contributed by atoms with Crippen molar-refractivity contribution < 1.29 is 22.1 Å². The minimum absolute atomic E-state index is 0.0484. The van der Waals surface area contributed by atoms with Crippen molar-refractivity contribution in [3.63, 3.8) is 0 Å². The summed E-state index contributed by atoms with van der Waals surface area (Å²) in [6.07, 6.45) is 2.11. The summed E-state index contributed by atoms with van der Waals surface area (Å²) in [6, 6.07) is 6.70. The van der Waals surface area contributed by atoms with Crippen LogP contribution in [0.25, 0.3) is 0 Å². The summed E-state index contributed by atoms with van der Waals surface area (Å²) in [5, 5.41) is 0. The number of fused-ring (bicyclic) bond motifs is 2. The molecular formula is C16H22O5S. The van der Waals surface area contributed by atoms with Crippen molar-refractivity contribution in [2.75, 3.05) is 14.2 Å². The average Bonchev–Trinajstić information content (AvgIpc) is 2.99. The predicted octanol–water partition coefficient (Wildman–Crippen LogP) is 2.49. The van der Waals surface area contributed by atoms with Gasteiger partial charge in [0.2, 0.25) is 0 Å². The molecule has 3 unspecified atom stereocenters. The lowest BCUT2D eigenvalue weighted by Crippen LogP contribution is -2.41. The molecule has 1 aromatic rings. The van der Waals surface area contributed by atoms with Gasteiger partial charge in [-0.25, -0.2) is 0 Å². The summed E-state index contributed by atoms with van der Waals surface area (Å²) in [4.78, 5) is 0.196. The molecule has 0 amide bonds. The van der Waals surface area contributed by atoms with Gasteiger partial charge in [0.05, 0.1) is 11.0 Å². The Morgan fingerprint density at radius 2 is 1.73 bits per heavy atom. The molecule has 2 aliphatic rings. The van der Waals surface area contributed by atoms with Crippen LogP contribution >= 0.6 is 0 Å². The van der Waals surface area contributed by atoms with E-state index >= 15 is 0 Å². The molecule has 0 N–H and O–H groups in total. The maximum atomic E-state index is 12.5. The molecule has 0 heterocycles. The van der Waals surface area contributed by atoms with E-state index in [1.807, 2.05) is 6.92 Å². The summed E-state index contributed by atoms with van der Waals surface area (Å²) in [5.41, 5.74) is 1.01. The van der Waals surface area contributed by atoms with Crippen molar-refractivity contribution in [2.45, 2.75) is 43.0 Å². The lowest BCUT2D eigenvalue weighted by Gasteiger charge is -2.31. The first-order valence-electron chi connectivity index (χ1n) is 7.53. The second-order valence-electron chi connectivity index (χ2n) is 6.15. The molecule has 2 bridgehead atoms. The highest BCUT2D eigenvalue weighted by Crippen LogP contribution is 2.55. The maximum Gasteiger partial charge on any atom is 0.297 e. The van der Waals surface area contributed by atoms with Gasteiger partial charge in [0.1, 0.15) is 0 Å². The normalized spacial score (nSPS) is 29.9. The van der Waals surface area contributed by atoms with Gasteiger partial charge in [0.25, 0.3) is 10.1 Å². The van der Waals surface area contributed by atoms with E-state index in [9.17, 15) is 8.42 Å². The number of methoxy groups -OCH3 is 2. The largest absolute Gasteiger partial charge is 0.353 e. The van der Waals surface area contributed by atoms with Crippen molar-refractivity contribution in [1.29, 1.82) is 0 Å². The molecule has 0 aromatic heterocycles. The minimum atomic E-state index is -3.76. The lowest BCUT2D eigenvalue weighted by atomic mass is 9.98. The minimum Gasteiger partial charge on any atom is -0.353 e. The third-order valence-corrected chi connectivity index (χ3v) is 6.43. The van der Waals surface area contributed by atoms with Crippen molar-refractivity contribution in [2.24, 2.45) is 11.8 Å². The molecule has 22 heavy (non-hydrogen) atoms. The fraction of sp³-hybridized carbons (Fsp3) is 0.625. The van der Waals surface area contributed by atoms with Gasteiger partial charge in [-0.05, 0) is 38.3 Å². The quantitative estimate of drug-likeness (QED) is 0.614. The molecule has 0 radical (unpaired) electrons. The Morgan fingerprint density at radius 3 is 2.27 bits per heavy atom. The van der Waals surface area contributed by atoms with Crippen molar-refractivity contribution in [1.82, 2.24) is 0 Å². The molecule has 0 spiro atoms. The van der Waals surface area contributed by atoms with E-state index in [0.29, 0.717) is 6.42 Å². The Morgan fingerprint density at radius 1 is 1.09 bits per heavy atom. The van der Waals surface area contributed by atoms with Crippen LogP contribution in [0.2, 0.25) is 0 Å². The van der Waals surface area contributed by atoms with Crippen molar-refractivity contribution >= 4 is 10.1 Å². The molecule has 3 rings (SSSR count). The molecule has 6 heteroatoms. The van der Waals surface area contributed by atoms with E-state index < -0.39 is 15.9 Å². The summed E-state index contributed by atoms with van der Waals surface area (Å²) >= 11 is 0. The zero-order chi connectivity index (χ0) is 16.0. The Hall–Kier alpha value is -0.950. The van der Waals surface area contributed by atoms with Crippen LogP contribution < -0.4 is 0 Å². The molecule has 2 saturated carbocycles. The van der Waals surface area contributed by atoms with Crippen LogP contribution in [0.4, 0.5) is 0 Å². The number of hydrogen-bond donors (Lipinski definition) is 0.